The molecule has 2 aliphatic rings. The summed E-state index contributed by atoms with van der Waals surface area (Å²) in [6.07, 6.45) is 20.7. The molecule has 14 heteroatoms. The van der Waals surface area contributed by atoms with Gasteiger partial charge in [-0.1, -0.05) is 140 Å². The number of hydrogen-bond donors (Lipinski definition) is 7. The molecule has 356 valence electrons. The molecule has 2 fully saturated rings. The first-order valence-corrected chi connectivity index (χ1v) is 23.6. The second kappa shape index (κ2) is 35.5. The lowest BCUT2D eigenvalue weighted by molar-refractivity contribution is -0.332. The molecule has 0 aromatic carbocycles. The van der Waals surface area contributed by atoms with E-state index in [1.165, 1.54) is 57.8 Å². The van der Waals surface area contributed by atoms with Crippen LogP contribution in [0.3, 0.4) is 0 Å². The fraction of sp³-hybridized carbons (Fsp3) is 0.851. The lowest BCUT2D eigenvalue weighted by atomic mass is 9.98. The highest BCUT2D eigenvalue weighted by Gasteiger charge is 2.47. The number of unbranched alkanes of at least 4 members (excludes halogenated alkanes) is 16. The van der Waals surface area contributed by atoms with Crippen molar-refractivity contribution in [3.05, 3.63) is 36.5 Å². The van der Waals surface area contributed by atoms with E-state index >= 15 is 0 Å². The van der Waals surface area contributed by atoms with Crippen LogP contribution in [0.25, 0.3) is 0 Å². The molecule has 2 saturated heterocycles. The molecule has 11 unspecified atom stereocenters. The van der Waals surface area contributed by atoms with E-state index in [9.17, 15) is 40.5 Å². The highest BCUT2D eigenvalue weighted by Crippen LogP contribution is 2.26. The van der Waals surface area contributed by atoms with E-state index in [0.29, 0.717) is 13.0 Å². The van der Waals surface area contributed by atoms with Gasteiger partial charge in [0.1, 0.15) is 54.9 Å². The summed E-state index contributed by atoms with van der Waals surface area (Å²) in [4.78, 5) is 12.9. The summed E-state index contributed by atoms with van der Waals surface area (Å²) in [5.41, 5.74) is 0. The molecule has 14 nitrogen and oxygen atoms in total. The zero-order valence-electron chi connectivity index (χ0n) is 37.4. The molecule has 0 bridgehead atoms. The Morgan fingerprint density at radius 1 is 0.557 bits per heavy atom. The molecule has 0 radical (unpaired) electrons. The van der Waals surface area contributed by atoms with E-state index in [4.69, 9.17) is 28.4 Å². The second-order valence-corrected chi connectivity index (χ2v) is 16.6. The third-order valence-electron chi connectivity index (χ3n) is 11.2. The van der Waals surface area contributed by atoms with E-state index in [0.717, 1.165) is 70.6 Å². The van der Waals surface area contributed by atoms with E-state index in [-0.39, 0.29) is 25.6 Å². The molecule has 0 aromatic heterocycles. The molecular formula is C47H84O14. The summed E-state index contributed by atoms with van der Waals surface area (Å²) in [7, 11) is 0. The van der Waals surface area contributed by atoms with Crippen molar-refractivity contribution in [1.29, 1.82) is 0 Å². The summed E-state index contributed by atoms with van der Waals surface area (Å²) in [6.45, 7) is 3.51. The number of ether oxygens (including phenoxy) is 6. The minimum atomic E-state index is -1.71. The summed E-state index contributed by atoms with van der Waals surface area (Å²) >= 11 is 0. The standard InChI is InChI=1S/C47H84O14/c1-3-5-7-9-11-13-15-17-19-21-23-25-27-29-31-56-33-36(59-39(49)30-28-26-24-22-20-18-16-14-12-10-8-6-4-2)34-57-46-45(55)43(53)41(51)38(61-46)35-58-47-44(54)42(52)40(50)37(32-48)60-47/h5,7,11,13,17,19,36-38,40-48,50-55H,3-4,6,8-10,12,14-16,18,20-35H2,1-2H3/b7-5-,13-11-,19-17-. The highest BCUT2D eigenvalue weighted by molar-refractivity contribution is 5.69. The lowest BCUT2D eigenvalue weighted by Gasteiger charge is -2.42. The van der Waals surface area contributed by atoms with Crippen LogP contribution in [-0.2, 0) is 33.2 Å². The first-order chi connectivity index (χ1) is 29.6. The van der Waals surface area contributed by atoms with Crippen molar-refractivity contribution in [1.82, 2.24) is 0 Å². The van der Waals surface area contributed by atoms with Gasteiger partial charge in [0.15, 0.2) is 12.6 Å². The predicted molar refractivity (Wildman–Crippen MR) is 233 cm³/mol. The SMILES string of the molecule is CC/C=C\C/C=C\C/C=C\CCCCCCOCC(COC1OC(COC2OC(CO)C(O)C(O)C2O)C(O)C(O)C1O)OC(=O)CCCCCCCCCCCCCCC. The molecule has 2 rings (SSSR count). The zero-order chi connectivity index (χ0) is 44.5. The summed E-state index contributed by atoms with van der Waals surface area (Å²) < 4.78 is 34.1. The van der Waals surface area contributed by atoms with Crippen LogP contribution in [0, 0.1) is 0 Å². The van der Waals surface area contributed by atoms with Crippen molar-refractivity contribution < 1.29 is 69.0 Å². The van der Waals surface area contributed by atoms with Gasteiger partial charge in [-0.3, -0.25) is 4.79 Å². The molecule has 61 heavy (non-hydrogen) atoms. The number of allylic oxidation sites excluding steroid dienone is 6. The van der Waals surface area contributed by atoms with Gasteiger partial charge in [-0.05, 0) is 44.9 Å². The van der Waals surface area contributed by atoms with Gasteiger partial charge in [-0.2, -0.15) is 0 Å². The van der Waals surface area contributed by atoms with Crippen LogP contribution in [0.15, 0.2) is 36.5 Å². The van der Waals surface area contributed by atoms with Crippen molar-refractivity contribution in [3.63, 3.8) is 0 Å². The fourth-order valence-corrected chi connectivity index (χ4v) is 7.30. The molecule has 2 aliphatic heterocycles. The third kappa shape index (κ3) is 24.2. The maximum Gasteiger partial charge on any atom is 0.306 e. The lowest BCUT2D eigenvalue weighted by Crippen LogP contribution is -2.61. The van der Waals surface area contributed by atoms with Gasteiger partial charge in [0.05, 0.1) is 26.4 Å². The molecule has 0 aliphatic carbocycles. The van der Waals surface area contributed by atoms with Crippen LogP contribution >= 0.6 is 0 Å². The fourth-order valence-electron chi connectivity index (χ4n) is 7.30. The van der Waals surface area contributed by atoms with Gasteiger partial charge in [-0.25, -0.2) is 0 Å². The molecule has 0 saturated carbocycles. The Kier molecular flexibility index (Phi) is 32.2. The van der Waals surface area contributed by atoms with Crippen molar-refractivity contribution in [3.8, 4) is 0 Å². The number of rotatable bonds is 36. The Hall–Kier alpha value is -1.79. The van der Waals surface area contributed by atoms with E-state index < -0.39 is 80.7 Å². The summed E-state index contributed by atoms with van der Waals surface area (Å²) in [5.74, 6) is -0.386. The van der Waals surface area contributed by atoms with Gasteiger partial charge in [0, 0.05) is 13.0 Å². The van der Waals surface area contributed by atoms with Crippen molar-refractivity contribution >= 4 is 5.97 Å². The summed E-state index contributed by atoms with van der Waals surface area (Å²) in [5, 5.41) is 71.9. The number of esters is 1. The molecule has 0 aromatic rings. The average Bonchev–Trinajstić information content (AvgIpc) is 3.25. The van der Waals surface area contributed by atoms with E-state index in [2.05, 4.69) is 50.3 Å². The topological polar surface area (TPSA) is 214 Å². The quantitative estimate of drug-likeness (QED) is 0.0224. The zero-order valence-corrected chi connectivity index (χ0v) is 37.4. The molecular weight excluding hydrogens is 789 g/mol. The van der Waals surface area contributed by atoms with E-state index in [1.807, 2.05) is 0 Å². The molecule has 2 heterocycles. The van der Waals surface area contributed by atoms with Crippen LogP contribution in [0.2, 0.25) is 0 Å². The van der Waals surface area contributed by atoms with Gasteiger partial charge < -0.3 is 64.2 Å². The van der Waals surface area contributed by atoms with Crippen molar-refractivity contribution in [2.24, 2.45) is 0 Å². The van der Waals surface area contributed by atoms with Crippen LogP contribution < -0.4 is 0 Å². The molecule has 0 spiro atoms. The van der Waals surface area contributed by atoms with Crippen LogP contribution in [0.5, 0.6) is 0 Å². The van der Waals surface area contributed by atoms with Gasteiger partial charge in [0.2, 0.25) is 0 Å². The number of aliphatic hydroxyl groups is 7. The van der Waals surface area contributed by atoms with Gasteiger partial charge >= 0.3 is 5.97 Å². The van der Waals surface area contributed by atoms with Gasteiger partial charge in [0.25, 0.3) is 0 Å². The Morgan fingerprint density at radius 3 is 1.67 bits per heavy atom. The van der Waals surface area contributed by atoms with E-state index in [1.54, 1.807) is 0 Å². The maximum atomic E-state index is 12.9. The van der Waals surface area contributed by atoms with Crippen molar-refractivity contribution in [2.45, 2.75) is 223 Å². The monoisotopic (exact) mass is 873 g/mol. The third-order valence-corrected chi connectivity index (χ3v) is 11.2. The predicted octanol–water partition coefficient (Wildman–Crippen LogP) is 5.85. The Bertz CT molecular complexity index is 1150. The molecule has 0 amide bonds. The summed E-state index contributed by atoms with van der Waals surface area (Å²) in [6, 6.07) is 0. The second-order valence-electron chi connectivity index (χ2n) is 16.6. The molecule has 7 N–H and O–H groups in total. The number of aliphatic hydroxyl groups excluding tert-OH is 7. The highest BCUT2D eigenvalue weighted by atomic mass is 16.7. The Balaban J connectivity index is 1.82. The first kappa shape index (κ1) is 55.3. The van der Waals surface area contributed by atoms with Crippen LogP contribution in [0.4, 0.5) is 0 Å². The number of carbonyl (C=O) groups excluding carboxylic acids is 1. The largest absolute Gasteiger partial charge is 0.457 e. The van der Waals surface area contributed by atoms with Crippen LogP contribution in [-0.4, -0.2) is 142 Å². The number of carbonyl (C=O) groups is 1. The number of hydrogen-bond acceptors (Lipinski definition) is 14. The van der Waals surface area contributed by atoms with Crippen LogP contribution in [0.1, 0.15) is 155 Å². The minimum absolute atomic E-state index is 0.0481. The average molecular weight is 873 g/mol. The molecule has 11 atom stereocenters. The smallest absolute Gasteiger partial charge is 0.306 e. The maximum absolute atomic E-state index is 12.9. The van der Waals surface area contributed by atoms with Gasteiger partial charge in [-0.15, -0.1) is 0 Å². The normalized spacial score (nSPS) is 27.8. The Morgan fingerprint density at radius 2 is 1.07 bits per heavy atom. The first-order valence-electron chi connectivity index (χ1n) is 23.6. The Labute approximate surface area is 366 Å². The minimum Gasteiger partial charge on any atom is -0.457 e. The van der Waals surface area contributed by atoms with Crippen molar-refractivity contribution in [2.75, 3.05) is 33.0 Å².